The van der Waals surface area contributed by atoms with Crippen LogP contribution in [0.1, 0.15) is 23.9 Å². The van der Waals surface area contributed by atoms with Gasteiger partial charge in [0.1, 0.15) is 18.1 Å². The molecule has 1 heterocycles. The molecule has 1 aliphatic carbocycles. The summed E-state index contributed by atoms with van der Waals surface area (Å²) in [5.74, 6) is 0.595. The van der Waals surface area contributed by atoms with Gasteiger partial charge in [-0.15, -0.1) is 0 Å². The second-order valence-electron chi connectivity index (χ2n) is 3.52. The molecule has 0 aliphatic heterocycles. The van der Waals surface area contributed by atoms with Crippen molar-refractivity contribution in [2.75, 3.05) is 7.11 Å². The minimum absolute atomic E-state index is 0.0677. The van der Waals surface area contributed by atoms with Gasteiger partial charge in [-0.05, 0) is 18.6 Å². The number of furan rings is 1. The second-order valence-corrected chi connectivity index (χ2v) is 3.52. The molecule has 1 aromatic rings. The van der Waals surface area contributed by atoms with E-state index in [1.54, 1.807) is 7.11 Å². The number of aliphatic carboxylic acids is 1. The molecule has 1 fully saturated rings. The van der Waals surface area contributed by atoms with Crippen molar-refractivity contribution in [2.45, 2.75) is 18.9 Å². The lowest BCUT2D eigenvalue weighted by Crippen LogP contribution is -1.98. The van der Waals surface area contributed by atoms with Crippen LogP contribution in [0.5, 0.6) is 0 Å². The van der Waals surface area contributed by atoms with Gasteiger partial charge < -0.3 is 14.3 Å². The van der Waals surface area contributed by atoms with Crippen LogP contribution in [0.2, 0.25) is 0 Å². The van der Waals surface area contributed by atoms with E-state index in [-0.39, 0.29) is 11.8 Å². The predicted molar refractivity (Wildman–Crippen MR) is 47.9 cm³/mol. The van der Waals surface area contributed by atoms with Gasteiger partial charge >= 0.3 is 5.97 Å². The Bertz CT molecular complexity index is 342. The van der Waals surface area contributed by atoms with Crippen LogP contribution in [-0.2, 0) is 16.1 Å². The van der Waals surface area contributed by atoms with Crippen LogP contribution in [0.25, 0.3) is 0 Å². The van der Waals surface area contributed by atoms with E-state index in [1.807, 2.05) is 12.1 Å². The van der Waals surface area contributed by atoms with E-state index in [9.17, 15) is 4.79 Å². The molecule has 1 N–H and O–H groups in total. The van der Waals surface area contributed by atoms with E-state index in [4.69, 9.17) is 14.3 Å². The fraction of sp³-hybridized carbons (Fsp3) is 0.500. The average molecular weight is 196 g/mol. The molecule has 0 amide bonds. The summed E-state index contributed by atoms with van der Waals surface area (Å²) in [4.78, 5) is 10.6. The van der Waals surface area contributed by atoms with E-state index in [0.29, 0.717) is 13.0 Å². The average Bonchev–Trinajstić information content (AvgIpc) is 2.82. The highest BCUT2D eigenvalue weighted by Crippen LogP contribution is 2.47. The zero-order valence-electron chi connectivity index (χ0n) is 7.90. The summed E-state index contributed by atoms with van der Waals surface area (Å²) in [7, 11) is 1.60. The van der Waals surface area contributed by atoms with Gasteiger partial charge in [0.05, 0.1) is 5.92 Å². The molecular formula is C10H12O4. The lowest BCUT2D eigenvalue weighted by atomic mass is 10.2. The number of carboxylic acids is 1. The molecule has 1 aromatic heterocycles. The number of hydrogen-bond donors (Lipinski definition) is 1. The Morgan fingerprint density at radius 3 is 3.07 bits per heavy atom. The number of rotatable bonds is 4. The van der Waals surface area contributed by atoms with Crippen LogP contribution in [0.4, 0.5) is 0 Å². The van der Waals surface area contributed by atoms with Crippen LogP contribution in [0, 0.1) is 5.92 Å². The summed E-state index contributed by atoms with van der Waals surface area (Å²) in [6.07, 6.45) is 0.690. The first-order chi connectivity index (χ1) is 6.72. The normalized spacial score (nSPS) is 24.9. The molecule has 14 heavy (non-hydrogen) atoms. The van der Waals surface area contributed by atoms with Crippen molar-refractivity contribution < 1.29 is 19.1 Å². The molecule has 0 unspecified atom stereocenters. The molecule has 76 valence electrons. The van der Waals surface area contributed by atoms with Crippen LogP contribution in [0.3, 0.4) is 0 Å². The SMILES string of the molecule is COCc1ccc([C@@H]2C[C@H]2C(=O)O)o1. The third-order valence-corrected chi connectivity index (χ3v) is 2.44. The van der Waals surface area contributed by atoms with E-state index >= 15 is 0 Å². The smallest absolute Gasteiger partial charge is 0.307 e. The van der Waals surface area contributed by atoms with Gasteiger partial charge in [-0.3, -0.25) is 4.79 Å². The third kappa shape index (κ3) is 1.65. The zero-order chi connectivity index (χ0) is 10.1. The Labute approximate surface area is 81.5 Å². The highest BCUT2D eigenvalue weighted by Gasteiger charge is 2.46. The van der Waals surface area contributed by atoms with Gasteiger partial charge in [-0.25, -0.2) is 0 Å². The summed E-state index contributed by atoms with van der Waals surface area (Å²) in [6, 6.07) is 3.66. The van der Waals surface area contributed by atoms with E-state index in [2.05, 4.69) is 0 Å². The Kier molecular flexibility index (Phi) is 2.29. The molecule has 0 radical (unpaired) electrons. The number of carbonyl (C=O) groups is 1. The van der Waals surface area contributed by atoms with E-state index < -0.39 is 5.97 Å². The first kappa shape index (κ1) is 9.27. The molecule has 1 saturated carbocycles. The van der Waals surface area contributed by atoms with Gasteiger partial charge in [0.2, 0.25) is 0 Å². The molecule has 2 atom stereocenters. The van der Waals surface area contributed by atoms with Crippen molar-refractivity contribution in [1.29, 1.82) is 0 Å². The molecular weight excluding hydrogens is 184 g/mol. The maximum Gasteiger partial charge on any atom is 0.307 e. The Balaban J connectivity index is 2.01. The highest BCUT2D eigenvalue weighted by molar-refractivity contribution is 5.74. The summed E-state index contributed by atoms with van der Waals surface area (Å²) in [5.41, 5.74) is 0. The van der Waals surface area contributed by atoms with Gasteiger partial charge in [0.25, 0.3) is 0 Å². The first-order valence-electron chi connectivity index (χ1n) is 4.52. The van der Waals surface area contributed by atoms with Gasteiger partial charge in [0.15, 0.2) is 0 Å². The standard InChI is InChI=1S/C10H12O4/c1-13-5-6-2-3-9(14-6)7-4-8(7)10(11)12/h2-3,7-8H,4-5H2,1H3,(H,11,12)/t7-,8-/m1/s1. The Hall–Kier alpha value is -1.29. The largest absolute Gasteiger partial charge is 0.481 e. The van der Waals surface area contributed by atoms with Crippen molar-refractivity contribution in [2.24, 2.45) is 5.92 Å². The summed E-state index contributed by atoms with van der Waals surface area (Å²) < 4.78 is 10.3. The number of hydrogen-bond acceptors (Lipinski definition) is 3. The van der Waals surface area contributed by atoms with Gasteiger partial charge in [-0.1, -0.05) is 0 Å². The molecule has 0 saturated heterocycles. The van der Waals surface area contributed by atoms with Gasteiger partial charge in [0, 0.05) is 13.0 Å². The second kappa shape index (κ2) is 3.46. The fourth-order valence-corrected chi connectivity index (χ4v) is 1.60. The van der Waals surface area contributed by atoms with E-state index in [1.165, 1.54) is 0 Å². The minimum atomic E-state index is -0.736. The summed E-state index contributed by atoms with van der Waals surface area (Å²) in [6.45, 7) is 0.435. The Morgan fingerprint density at radius 1 is 1.71 bits per heavy atom. The number of methoxy groups -OCH3 is 1. The van der Waals surface area contributed by atoms with Crippen LogP contribution in [0.15, 0.2) is 16.5 Å². The minimum Gasteiger partial charge on any atom is -0.481 e. The lowest BCUT2D eigenvalue weighted by Gasteiger charge is -1.94. The number of ether oxygens (including phenoxy) is 1. The van der Waals surface area contributed by atoms with Crippen molar-refractivity contribution in [1.82, 2.24) is 0 Å². The molecule has 0 spiro atoms. The molecule has 4 heteroatoms. The summed E-state index contributed by atoms with van der Waals surface area (Å²) in [5, 5.41) is 8.73. The van der Waals surface area contributed by atoms with Crippen molar-refractivity contribution in [3.05, 3.63) is 23.7 Å². The summed E-state index contributed by atoms with van der Waals surface area (Å²) >= 11 is 0. The third-order valence-electron chi connectivity index (χ3n) is 2.44. The first-order valence-corrected chi connectivity index (χ1v) is 4.52. The maximum absolute atomic E-state index is 10.6. The van der Waals surface area contributed by atoms with Crippen molar-refractivity contribution in [3.8, 4) is 0 Å². The van der Waals surface area contributed by atoms with Gasteiger partial charge in [-0.2, -0.15) is 0 Å². The van der Waals surface area contributed by atoms with Crippen molar-refractivity contribution >= 4 is 5.97 Å². The van der Waals surface area contributed by atoms with Crippen LogP contribution >= 0.6 is 0 Å². The zero-order valence-corrected chi connectivity index (χ0v) is 7.90. The highest BCUT2D eigenvalue weighted by atomic mass is 16.5. The molecule has 1 aliphatic rings. The van der Waals surface area contributed by atoms with E-state index in [0.717, 1.165) is 11.5 Å². The maximum atomic E-state index is 10.6. The lowest BCUT2D eigenvalue weighted by molar-refractivity contribution is -0.138. The Morgan fingerprint density at radius 2 is 2.50 bits per heavy atom. The topological polar surface area (TPSA) is 59.7 Å². The monoisotopic (exact) mass is 196 g/mol. The molecule has 0 aromatic carbocycles. The molecule has 4 nitrogen and oxygen atoms in total. The predicted octanol–water partition coefficient (Wildman–Crippen LogP) is 1.61. The van der Waals surface area contributed by atoms with Crippen LogP contribution in [-0.4, -0.2) is 18.2 Å². The number of carboxylic acid groups (broad SMARTS) is 1. The quantitative estimate of drug-likeness (QED) is 0.794. The molecule has 0 bridgehead atoms. The molecule has 2 rings (SSSR count). The van der Waals surface area contributed by atoms with Crippen molar-refractivity contribution in [3.63, 3.8) is 0 Å². The fourth-order valence-electron chi connectivity index (χ4n) is 1.60. The van der Waals surface area contributed by atoms with Crippen LogP contribution < -0.4 is 0 Å².